The van der Waals surface area contributed by atoms with Gasteiger partial charge in [-0.25, -0.2) is 23.4 Å². The lowest BCUT2D eigenvalue weighted by molar-refractivity contribution is -0.527. The molecule has 1 aliphatic rings. The summed E-state index contributed by atoms with van der Waals surface area (Å²) in [4.78, 5) is 4.29. The first-order valence-corrected chi connectivity index (χ1v) is 7.34. The third kappa shape index (κ3) is 2.58. The second-order valence-corrected chi connectivity index (χ2v) is 6.44. The average Bonchev–Trinajstić information content (AvgIpc) is 2.25. The molecule has 7 N–H and O–H groups in total. The molecule has 0 saturated heterocycles. The van der Waals surface area contributed by atoms with E-state index in [2.05, 4.69) is 10.3 Å². The van der Waals surface area contributed by atoms with Crippen LogP contribution in [0.1, 0.15) is 13.8 Å². The standard InChI is InChI=1S/C11H16N6O2S/c1-11(2)16-9(12)15-10(13)17(11)7-3-5-8(6-4-7)20(14,18)19/h3-6H,1-2H3,(H6,12,13,14,15,16,18,19)/p+1. The largest absolute Gasteiger partial charge is 0.357 e. The smallest absolute Gasteiger partial charge is 0.357 e. The number of rotatable bonds is 2. The molecule has 1 aliphatic heterocycles. The first-order chi connectivity index (χ1) is 9.11. The van der Waals surface area contributed by atoms with E-state index in [0.29, 0.717) is 11.6 Å². The first-order valence-electron chi connectivity index (χ1n) is 5.79. The van der Waals surface area contributed by atoms with Gasteiger partial charge < -0.3 is 5.73 Å². The van der Waals surface area contributed by atoms with Crippen LogP contribution < -0.4 is 21.9 Å². The first kappa shape index (κ1) is 14.3. The Morgan fingerprint density at radius 3 is 2.20 bits per heavy atom. The van der Waals surface area contributed by atoms with Gasteiger partial charge in [0.1, 0.15) is 5.69 Å². The number of nitrogens with two attached hydrogens (primary N) is 3. The molecule has 0 unspecified atom stereocenters. The van der Waals surface area contributed by atoms with E-state index in [1.807, 2.05) is 13.8 Å². The molecule has 9 heteroatoms. The molecule has 108 valence electrons. The minimum absolute atomic E-state index is 0.0330. The molecule has 1 aromatic rings. The number of guanidine groups is 2. The maximum Gasteiger partial charge on any atom is 0.357 e. The third-order valence-corrected chi connectivity index (χ3v) is 3.79. The van der Waals surface area contributed by atoms with Crippen LogP contribution in [-0.4, -0.2) is 30.6 Å². The van der Waals surface area contributed by atoms with Crippen molar-refractivity contribution in [3.63, 3.8) is 0 Å². The molecule has 1 aromatic carbocycles. The Labute approximate surface area is 117 Å². The highest BCUT2D eigenvalue weighted by Gasteiger charge is 2.34. The summed E-state index contributed by atoms with van der Waals surface area (Å²) in [6.07, 6.45) is 0. The summed E-state index contributed by atoms with van der Waals surface area (Å²) in [6.45, 7) is 3.67. The van der Waals surface area contributed by atoms with Gasteiger partial charge >= 0.3 is 5.96 Å². The van der Waals surface area contributed by atoms with Gasteiger partial charge in [-0.1, -0.05) is 0 Å². The van der Waals surface area contributed by atoms with Gasteiger partial charge in [0.25, 0.3) is 5.96 Å². The minimum atomic E-state index is -3.72. The van der Waals surface area contributed by atoms with E-state index in [4.69, 9.17) is 16.6 Å². The Kier molecular flexibility index (Phi) is 3.18. The fourth-order valence-corrected chi connectivity index (χ4v) is 2.61. The summed E-state index contributed by atoms with van der Waals surface area (Å²) < 4.78 is 24.2. The molecular formula is C11H17N6O2S+. The van der Waals surface area contributed by atoms with Crippen LogP contribution in [0.15, 0.2) is 34.2 Å². The van der Waals surface area contributed by atoms with E-state index >= 15 is 0 Å². The van der Waals surface area contributed by atoms with Crippen LogP contribution in [-0.2, 0) is 10.0 Å². The van der Waals surface area contributed by atoms with Crippen LogP contribution in [0, 0.1) is 0 Å². The highest BCUT2D eigenvalue weighted by molar-refractivity contribution is 7.89. The van der Waals surface area contributed by atoms with Crippen LogP contribution in [0.2, 0.25) is 0 Å². The molecule has 0 fully saturated rings. The average molecular weight is 297 g/mol. The predicted octanol–water partition coefficient (Wildman–Crippen LogP) is -1.05. The zero-order valence-electron chi connectivity index (χ0n) is 11.2. The van der Waals surface area contributed by atoms with Gasteiger partial charge in [0.15, 0.2) is 5.66 Å². The maximum absolute atomic E-state index is 11.2. The van der Waals surface area contributed by atoms with Crippen molar-refractivity contribution in [2.24, 2.45) is 21.6 Å². The SMILES string of the molecule is CC1(C)N=C(N)NC(N)=[N+]1c1ccc(S(N)(=O)=O)cc1. The number of benzene rings is 1. The lowest BCUT2D eigenvalue weighted by atomic mass is 10.2. The number of sulfonamides is 1. The fourth-order valence-electron chi connectivity index (χ4n) is 2.09. The number of primary sulfonamides is 1. The molecule has 0 radical (unpaired) electrons. The number of nitrogens with zero attached hydrogens (tertiary/aromatic N) is 2. The van der Waals surface area contributed by atoms with Gasteiger partial charge in [0.2, 0.25) is 10.0 Å². The van der Waals surface area contributed by atoms with E-state index in [0.717, 1.165) is 0 Å². The van der Waals surface area contributed by atoms with Crippen LogP contribution in [0.5, 0.6) is 0 Å². The number of hydrogen-bond acceptors (Lipinski definition) is 6. The molecule has 0 spiro atoms. The van der Waals surface area contributed by atoms with Gasteiger partial charge in [-0.15, -0.1) is 0 Å². The molecule has 20 heavy (non-hydrogen) atoms. The Morgan fingerprint density at radius 2 is 1.75 bits per heavy atom. The lowest BCUT2D eigenvalue weighted by Gasteiger charge is -2.28. The number of nitrogens with one attached hydrogen (secondary N) is 1. The summed E-state index contributed by atoms with van der Waals surface area (Å²) in [5.41, 5.74) is 11.5. The second-order valence-electron chi connectivity index (χ2n) is 4.88. The highest BCUT2D eigenvalue weighted by atomic mass is 32.2. The quantitative estimate of drug-likeness (QED) is 0.515. The molecule has 0 aliphatic carbocycles. The van der Waals surface area contributed by atoms with E-state index in [1.54, 1.807) is 16.7 Å². The van der Waals surface area contributed by atoms with Crippen LogP contribution in [0.3, 0.4) is 0 Å². The topological polar surface area (TPSA) is 140 Å². The monoisotopic (exact) mass is 297 g/mol. The van der Waals surface area contributed by atoms with E-state index < -0.39 is 15.7 Å². The summed E-state index contributed by atoms with van der Waals surface area (Å²) in [6, 6.07) is 6.03. The summed E-state index contributed by atoms with van der Waals surface area (Å²) >= 11 is 0. The van der Waals surface area contributed by atoms with Crippen molar-refractivity contribution in [3.05, 3.63) is 24.3 Å². The maximum atomic E-state index is 11.2. The summed E-state index contributed by atoms with van der Waals surface area (Å²) in [5, 5.41) is 7.80. The number of aliphatic imine (C=N–C) groups is 1. The second kappa shape index (κ2) is 4.46. The van der Waals surface area contributed by atoms with Gasteiger partial charge in [-0.05, 0) is 38.1 Å². The van der Waals surface area contributed by atoms with Crippen molar-refractivity contribution in [1.82, 2.24) is 5.32 Å². The van der Waals surface area contributed by atoms with Gasteiger partial charge in [-0.2, -0.15) is 4.99 Å². The van der Waals surface area contributed by atoms with Crippen molar-refractivity contribution in [2.75, 3.05) is 0 Å². The van der Waals surface area contributed by atoms with Crippen molar-refractivity contribution in [2.45, 2.75) is 24.4 Å². The molecule has 8 nitrogen and oxygen atoms in total. The lowest BCUT2D eigenvalue weighted by Crippen LogP contribution is -2.55. The molecular weight excluding hydrogens is 280 g/mol. The van der Waals surface area contributed by atoms with E-state index in [-0.39, 0.29) is 10.9 Å². The van der Waals surface area contributed by atoms with Gasteiger partial charge in [0.05, 0.1) is 4.90 Å². The Hall–Kier alpha value is -2.13. The van der Waals surface area contributed by atoms with E-state index in [1.165, 1.54) is 12.1 Å². The van der Waals surface area contributed by atoms with Gasteiger partial charge in [0, 0.05) is 0 Å². The molecule has 0 aromatic heterocycles. The summed E-state index contributed by atoms with van der Waals surface area (Å²) in [7, 11) is -3.72. The fraction of sp³-hybridized carbons (Fsp3) is 0.273. The Bertz CT molecular complexity index is 703. The molecule has 1 heterocycles. The van der Waals surface area contributed by atoms with Crippen LogP contribution in [0.25, 0.3) is 0 Å². The minimum Gasteiger partial charge on any atom is -0.357 e. The van der Waals surface area contributed by atoms with Crippen molar-refractivity contribution >= 4 is 27.6 Å². The molecule has 0 amide bonds. The van der Waals surface area contributed by atoms with E-state index in [9.17, 15) is 8.42 Å². The van der Waals surface area contributed by atoms with Crippen LogP contribution >= 0.6 is 0 Å². The molecule has 2 rings (SSSR count). The number of hydrogen-bond donors (Lipinski definition) is 4. The zero-order valence-corrected chi connectivity index (χ0v) is 12.0. The Morgan fingerprint density at radius 1 is 1.20 bits per heavy atom. The van der Waals surface area contributed by atoms with Gasteiger partial charge in [-0.3, -0.25) is 5.73 Å². The van der Waals surface area contributed by atoms with Crippen LogP contribution in [0.4, 0.5) is 5.69 Å². The zero-order chi connectivity index (χ0) is 15.1. The Balaban J connectivity index is 2.49. The molecule has 0 bridgehead atoms. The van der Waals surface area contributed by atoms with Crippen molar-refractivity contribution < 1.29 is 13.0 Å². The normalized spacial score (nSPS) is 18.4. The van der Waals surface area contributed by atoms with Crippen molar-refractivity contribution in [1.29, 1.82) is 0 Å². The highest BCUT2D eigenvalue weighted by Crippen LogP contribution is 2.25. The third-order valence-electron chi connectivity index (χ3n) is 2.86. The molecule has 0 atom stereocenters. The predicted molar refractivity (Wildman–Crippen MR) is 75.8 cm³/mol. The van der Waals surface area contributed by atoms with Crippen molar-refractivity contribution in [3.8, 4) is 0 Å². The summed E-state index contributed by atoms with van der Waals surface area (Å²) in [5.74, 6) is 0.538. The molecule has 0 saturated carbocycles.